The summed E-state index contributed by atoms with van der Waals surface area (Å²) >= 11 is 0. The summed E-state index contributed by atoms with van der Waals surface area (Å²) in [6.45, 7) is 7.34. The van der Waals surface area contributed by atoms with E-state index in [0.29, 0.717) is 24.6 Å². The number of nitrogens with zero attached hydrogens (tertiary/aromatic N) is 2. The Morgan fingerprint density at radius 1 is 1.12 bits per heavy atom. The zero-order valence-electron chi connectivity index (χ0n) is 16.4. The van der Waals surface area contributed by atoms with Gasteiger partial charge in [-0.3, -0.25) is 9.59 Å². The summed E-state index contributed by atoms with van der Waals surface area (Å²) in [4.78, 5) is 29.8. The predicted octanol–water partition coefficient (Wildman–Crippen LogP) is 1.36. The number of likely N-dealkylation sites (N-methyl/N-ethyl adjacent to an activating group) is 1. The number of guanidine groups is 1. The van der Waals surface area contributed by atoms with Crippen molar-refractivity contribution in [2.24, 2.45) is 4.99 Å². The van der Waals surface area contributed by atoms with Crippen LogP contribution in [0.15, 0.2) is 29.3 Å². The molecule has 0 radical (unpaired) electrons. The highest BCUT2D eigenvalue weighted by Crippen LogP contribution is 2.06. The molecule has 0 aliphatic heterocycles. The Labute approximate surface area is 156 Å². The molecule has 0 aromatic heterocycles. The highest BCUT2D eigenvalue weighted by atomic mass is 16.2. The van der Waals surface area contributed by atoms with E-state index in [1.165, 1.54) is 4.90 Å². The maximum absolute atomic E-state index is 12.1. The van der Waals surface area contributed by atoms with Gasteiger partial charge in [-0.05, 0) is 38.0 Å². The first-order valence-corrected chi connectivity index (χ1v) is 8.99. The quantitative estimate of drug-likeness (QED) is 0.482. The molecular formula is C19H31N5O2. The number of benzene rings is 1. The number of nitrogens with one attached hydrogen (secondary N) is 3. The van der Waals surface area contributed by atoms with Crippen LogP contribution >= 0.6 is 0 Å². The van der Waals surface area contributed by atoms with E-state index in [2.05, 4.69) is 20.9 Å². The average molecular weight is 361 g/mol. The first-order valence-electron chi connectivity index (χ1n) is 8.99. The number of aliphatic imine (C=N–C) groups is 1. The smallest absolute Gasteiger partial charge is 0.251 e. The lowest BCUT2D eigenvalue weighted by Crippen LogP contribution is -2.42. The second kappa shape index (κ2) is 11.1. The third-order valence-electron chi connectivity index (χ3n) is 3.88. The molecule has 3 N–H and O–H groups in total. The molecule has 2 amide bonds. The molecule has 1 unspecified atom stereocenters. The second-order valence-corrected chi connectivity index (χ2v) is 6.32. The molecule has 144 valence electrons. The van der Waals surface area contributed by atoms with E-state index >= 15 is 0 Å². The van der Waals surface area contributed by atoms with Gasteiger partial charge in [0.2, 0.25) is 5.91 Å². The largest absolute Gasteiger partial charge is 0.357 e. The van der Waals surface area contributed by atoms with E-state index in [-0.39, 0.29) is 24.4 Å². The van der Waals surface area contributed by atoms with E-state index in [0.717, 1.165) is 12.0 Å². The van der Waals surface area contributed by atoms with Gasteiger partial charge in [0.1, 0.15) is 0 Å². The molecule has 0 spiro atoms. The first-order chi connectivity index (χ1) is 12.4. The van der Waals surface area contributed by atoms with Crippen molar-refractivity contribution < 1.29 is 9.59 Å². The molecule has 0 bridgehead atoms. The van der Waals surface area contributed by atoms with Gasteiger partial charge in [-0.2, -0.15) is 0 Å². The van der Waals surface area contributed by atoms with Crippen molar-refractivity contribution in [1.82, 2.24) is 20.9 Å². The van der Waals surface area contributed by atoms with E-state index in [1.807, 2.05) is 32.9 Å². The molecule has 0 saturated heterocycles. The van der Waals surface area contributed by atoms with Crippen molar-refractivity contribution in [2.45, 2.75) is 39.8 Å². The van der Waals surface area contributed by atoms with Gasteiger partial charge >= 0.3 is 0 Å². The Hall–Kier alpha value is -2.57. The highest BCUT2D eigenvalue weighted by molar-refractivity contribution is 5.94. The SMILES string of the molecule is CCNC(=NCc1ccc(C(=O)NC(C)CC)cc1)NCC(=O)N(C)C. The second-order valence-electron chi connectivity index (χ2n) is 6.32. The molecule has 26 heavy (non-hydrogen) atoms. The Morgan fingerprint density at radius 2 is 1.77 bits per heavy atom. The molecule has 0 fully saturated rings. The summed E-state index contributed by atoms with van der Waals surface area (Å²) in [5.41, 5.74) is 1.63. The molecule has 7 heteroatoms. The lowest BCUT2D eigenvalue weighted by Gasteiger charge is -2.14. The van der Waals surface area contributed by atoms with Crippen LogP contribution in [-0.2, 0) is 11.3 Å². The Balaban J connectivity index is 2.66. The molecule has 1 aromatic rings. The first kappa shape index (κ1) is 21.5. The van der Waals surface area contributed by atoms with Crippen LogP contribution in [0.4, 0.5) is 0 Å². The molecular weight excluding hydrogens is 330 g/mol. The number of amides is 2. The van der Waals surface area contributed by atoms with E-state index in [1.54, 1.807) is 26.2 Å². The van der Waals surface area contributed by atoms with Gasteiger partial charge in [-0.25, -0.2) is 4.99 Å². The summed E-state index contributed by atoms with van der Waals surface area (Å²) in [6, 6.07) is 7.55. The van der Waals surface area contributed by atoms with Gasteiger partial charge in [-0.1, -0.05) is 19.1 Å². The summed E-state index contributed by atoms with van der Waals surface area (Å²) in [7, 11) is 3.43. The molecule has 1 atom stereocenters. The van der Waals surface area contributed by atoms with E-state index < -0.39 is 0 Å². The Kier molecular flexibility index (Phi) is 9.19. The Bertz CT molecular complexity index is 611. The lowest BCUT2D eigenvalue weighted by molar-refractivity contribution is -0.127. The zero-order valence-corrected chi connectivity index (χ0v) is 16.4. The van der Waals surface area contributed by atoms with Gasteiger partial charge in [-0.15, -0.1) is 0 Å². The average Bonchev–Trinajstić information content (AvgIpc) is 2.63. The van der Waals surface area contributed by atoms with Crippen LogP contribution in [0.1, 0.15) is 43.1 Å². The Morgan fingerprint density at radius 3 is 2.31 bits per heavy atom. The maximum Gasteiger partial charge on any atom is 0.251 e. The molecule has 1 aromatic carbocycles. The van der Waals surface area contributed by atoms with Gasteiger partial charge < -0.3 is 20.9 Å². The minimum absolute atomic E-state index is 0.0210. The molecule has 7 nitrogen and oxygen atoms in total. The minimum Gasteiger partial charge on any atom is -0.357 e. The van der Waals surface area contributed by atoms with Crippen LogP contribution in [0.2, 0.25) is 0 Å². The topological polar surface area (TPSA) is 85.8 Å². The highest BCUT2D eigenvalue weighted by Gasteiger charge is 2.08. The molecule has 0 aliphatic rings. The van der Waals surface area contributed by atoms with Gasteiger partial charge in [0.25, 0.3) is 5.91 Å². The van der Waals surface area contributed by atoms with Gasteiger partial charge in [0, 0.05) is 32.2 Å². The van der Waals surface area contributed by atoms with Crippen molar-refractivity contribution in [3.63, 3.8) is 0 Å². The fourth-order valence-electron chi connectivity index (χ4n) is 2.00. The number of hydrogen-bond acceptors (Lipinski definition) is 3. The third kappa shape index (κ3) is 7.55. The number of carbonyl (C=O) groups is 2. The van der Waals surface area contributed by atoms with Crippen LogP contribution in [0.3, 0.4) is 0 Å². The summed E-state index contributed by atoms with van der Waals surface area (Å²) in [5, 5.41) is 9.07. The number of rotatable bonds is 8. The summed E-state index contributed by atoms with van der Waals surface area (Å²) in [5.74, 6) is 0.500. The molecule has 0 aliphatic carbocycles. The van der Waals surface area contributed by atoms with Crippen LogP contribution < -0.4 is 16.0 Å². The monoisotopic (exact) mass is 361 g/mol. The van der Waals surface area contributed by atoms with Crippen molar-refractivity contribution in [2.75, 3.05) is 27.2 Å². The van der Waals surface area contributed by atoms with Crippen LogP contribution in [0.5, 0.6) is 0 Å². The standard InChI is InChI=1S/C19H31N5O2/c1-6-14(3)23-18(26)16-10-8-15(9-11-16)12-21-19(20-7-2)22-13-17(25)24(4)5/h8-11,14H,6-7,12-13H2,1-5H3,(H,23,26)(H2,20,21,22). The molecule has 0 heterocycles. The normalized spacial score (nSPS) is 12.3. The summed E-state index contributed by atoms with van der Waals surface area (Å²) < 4.78 is 0. The van der Waals surface area contributed by atoms with Crippen molar-refractivity contribution in [3.05, 3.63) is 35.4 Å². The number of carbonyl (C=O) groups excluding carboxylic acids is 2. The fourth-order valence-corrected chi connectivity index (χ4v) is 2.00. The molecule has 0 saturated carbocycles. The maximum atomic E-state index is 12.1. The van der Waals surface area contributed by atoms with E-state index in [4.69, 9.17) is 0 Å². The number of hydrogen-bond donors (Lipinski definition) is 3. The third-order valence-corrected chi connectivity index (χ3v) is 3.88. The van der Waals surface area contributed by atoms with Crippen LogP contribution in [-0.4, -0.2) is 55.9 Å². The minimum atomic E-state index is -0.0633. The van der Waals surface area contributed by atoms with Gasteiger partial charge in [0.05, 0.1) is 13.1 Å². The lowest BCUT2D eigenvalue weighted by atomic mass is 10.1. The predicted molar refractivity (Wildman–Crippen MR) is 105 cm³/mol. The van der Waals surface area contributed by atoms with Crippen LogP contribution in [0, 0.1) is 0 Å². The molecule has 1 rings (SSSR count). The van der Waals surface area contributed by atoms with Crippen molar-refractivity contribution in [1.29, 1.82) is 0 Å². The zero-order chi connectivity index (χ0) is 19.5. The van der Waals surface area contributed by atoms with Crippen LogP contribution in [0.25, 0.3) is 0 Å². The summed E-state index contributed by atoms with van der Waals surface area (Å²) in [6.07, 6.45) is 0.898. The van der Waals surface area contributed by atoms with Crippen molar-refractivity contribution in [3.8, 4) is 0 Å². The fraction of sp³-hybridized carbons (Fsp3) is 0.526. The van der Waals surface area contributed by atoms with E-state index in [9.17, 15) is 9.59 Å². The van der Waals surface area contributed by atoms with Crippen molar-refractivity contribution >= 4 is 17.8 Å². The van der Waals surface area contributed by atoms with Gasteiger partial charge in [0.15, 0.2) is 5.96 Å².